The van der Waals surface area contributed by atoms with Crippen LogP contribution in [-0.2, 0) is 11.3 Å². The molecule has 1 N–H and O–H groups in total. The lowest BCUT2D eigenvalue weighted by molar-refractivity contribution is -0.119. The van der Waals surface area contributed by atoms with Gasteiger partial charge in [-0.25, -0.2) is 0 Å². The molecule has 2 heterocycles. The van der Waals surface area contributed by atoms with Gasteiger partial charge in [-0.1, -0.05) is 30.0 Å². The lowest BCUT2D eigenvalue weighted by Gasteiger charge is -2.26. The number of carbonyl (C=O) groups is 1. The van der Waals surface area contributed by atoms with Crippen molar-refractivity contribution in [3.05, 3.63) is 42.7 Å². The predicted molar refractivity (Wildman–Crippen MR) is 102 cm³/mol. The highest BCUT2D eigenvalue weighted by Crippen LogP contribution is 2.40. The van der Waals surface area contributed by atoms with Crippen molar-refractivity contribution in [1.29, 1.82) is 0 Å². The molecule has 1 aromatic heterocycles. The first kappa shape index (κ1) is 17.9. The fraction of sp³-hybridized carbons (Fsp3) is 0.421. The van der Waals surface area contributed by atoms with Crippen molar-refractivity contribution in [2.24, 2.45) is 0 Å². The molecule has 1 aliphatic heterocycles. The maximum atomic E-state index is 12.2. The summed E-state index contributed by atoms with van der Waals surface area (Å²) in [4.78, 5) is 12.2. The molecular formula is C19H22N4O3S. The molecule has 1 aromatic carbocycles. The van der Waals surface area contributed by atoms with Crippen LogP contribution in [0.1, 0.15) is 24.6 Å². The zero-order chi connectivity index (χ0) is 18.6. The van der Waals surface area contributed by atoms with E-state index in [2.05, 4.69) is 26.7 Å². The third-order valence-electron chi connectivity index (χ3n) is 4.43. The van der Waals surface area contributed by atoms with E-state index < -0.39 is 0 Å². The molecule has 0 spiro atoms. The Bertz CT molecular complexity index is 834. The minimum absolute atomic E-state index is 0.0661. The van der Waals surface area contributed by atoms with Crippen LogP contribution in [-0.4, -0.2) is 45.7 Å². The fourth-order valence-electron chi connectivity index (χ4n) is 2.92. The van der Waals surface area contributed by atoms with Crippen LogP contribution in [0.3, 0.4) is 0 Å². The lowest BCUT2D eigenvalue weighted by Crippen LogP contribution is -2.41. The van der Waals surface area contributed by atoms with E-state index in [1.54, 1.807) is 0 Å². The van der Waals surface area contributed by atoms with Gasteiger partial charge in [0.15, 0.2) is 16.7 Å². The van der Waals surface area contributed by atoms with E-state index in [0.717, 1.165) is 29.6 Å². The average molecular weight is 386 g/mol. The number of fused-ring (bicyclic) bond motifs is 1. The largest absolute Gasteiger partial charge is 0.486 e. The quantitative estimate of drug-likeness (QED) is 0.554. The number of nitrogens with zero attached hydrogens (tertiary/aromatic N) is 3. The van der Waals surface area contributed by atoms with Gasteiger partial charge in [0, 0.05) is 12.5 Å². The van der Waals surface area contributed by atoms with E-state index in [1.807, 2.05) is 30.3 Å². The van der Waals surface area contributed by atoms with Crippen LogP contribution < -0.4 is 14.8 Å². The van der Waals surface area contributed by atoms with Crippen LogP contribution in [0.15, 0.2) is 42.1 Å². The maximum Gasteiger partial charge on any atom is 0.230 e. The second-order valence-corrected chi connectivity index (χ2v) is 7.55. The van der Waals surface area contributed by atoms with Gasteiger partial charge in [-0.2, -0.15) is 0 Å². The number of carbonyl (C=O) groups excluding carboxylic acids is 1. The molecule has 1 aliphatic carbocycles. The van der Waals surface area contributed by atoms with E-state index in [0.29, 0.717) is 31.4 Å². The Hall–Kier alpha value is -2.48. The number of para-hydroxylation sites is 2. The number of benzene rings is 1. The Balaban J connectivity index is 1.26. The molecule has 1 fully saturated rings. The summed E-state index contributed by atoms with van der Waals surface area (Å²) in [6.45, 7) is 5.28. The Kier molecular flexibility index (Phi) is 5.33. The molecule has 1 amide bonds. The minimum Gasteiger partial charge on any atom is -0.486 e. The van der Waals surface area contributed by atoms with Crippen LogP contribution >= 0.6 is 11.8 Å². The summed E-state index contributed by atoms with van der Waals surface area (Å²) < 4.78 is 13.6. The zero-order valence-corrected chi connectivity index (χ0v) is 15.8. The summed E-state index contributed by atoms with van der Waals surface area (Å²) in [6.07, 6.45) is 3.96. The van der Waals surface area contributed by atoms with Gasteiger partial charge in [-0.3, -0.25) is 4.79 Å². The van der Waals surface area contributed by atoms with Crippen molar-refractivity contribution >= 4 is 17.7 Å². The van der Waals surface area contributed by atoms with Gasteiger partial charge in [-0.15, -0.1) is 16.8 Å². The standard InChI is InChI=1S/C19H22N4O3S/c1-2-9-23-18(13-7-8-13)21-22-19(23)27-12-17(24)20-10-14-11-25-15-5-3-4-6-16(15)26-14/h2-6,13-14H,1,7-12H2,(H,20,24)/t14-/m0/s1. The molecule has 0 saturated heterocycles. The van der Waals surface area contributed by atoms with Crippen molar-refractivity contribution in [3.8, 4) is 11.5 Å². The number of ether oxygens (including phenoxy) is 2. The van der Waals surface area contributed by atoms with E-state index in [1.165, 1.54) is 11.8 Å². The molecule has 4 rings (SSSR count). The first-order valence-electron chi connectivity index (χ1n) is 9.06. The van der Waals surface area contributed by atoms with Crippen LogP contribution in [0.2, 0.25) is 0 Å². The van der Waals surface area contributed by atoms with Crippen molar-refractivity contribution in [2.45, 2.75) is 36.6 Å². The van der Waals surface area contributed by atoms with Crippen molar-refractivity contribution in [2.75, 3.05) is 18.9 Å². The molecule has 0 unspecified atom stereocenters. The van der Waals surface area contributed by atoms with Crippen LogP contribution in [0.4, 0.5) is 0 Å². The van der Waals surface area contributed by atoms with Crippen molar-refractivity contribution in [1.82, 2.24) is 20.1 Å². The number of hydrogen-bond acceptors (Lipinski definition) is 6. The normalized spacial score (nSPS) is 18.1. The molecule has 2 aromatic rings. The monoisotopic (exact) mass is 386 g/mol. The summed E-state index contributed by atoms with van der Waals surface area (Å²) in [5, 5.41) is 12.2. The van der Waals surface area contributed by atoms with E-state index in [4.69, 9.17) is 9.47 Å². The van der Waals surface area contributed by atoms with E-state index in [9.17, 15) is 4.79 Å². The van der Waals surface area contributed by atoms with E-state index >= 15 is 0 Å². The first-order valence-corrected chi connectivity index (χ1v) is 10.0. The molecule has 2 aliphatic rings. The summed E-state index contributed by atoms with van der Waals surface area (Å²) >= 11 is 1.39. The van der Waals surface area contributed by atoms with Gasteiger partial charge >= 0.3 is 0 Å². The highest BCUT2D eigenvalue weighted by Gasteiger charge is 2.30. The molecule has 142 valence electrons. The highest BCUT2D eigenvalue weighted by molar-refractivity contribution is 7.99. The summed E-state index contributed by atoms with van der Waals surface area (Å²) in [5.74, 6) is 3.18. The lowest BCUT2D eigenvalue weighted by atomic mass is 10.2. The SMILES string of the molecule is C=CCn1c(SCC(=O)NC[C@H]2COc3ccccc3O2)nnc1C1CC1. The predicted octanol–water partition coefficient (Wildman–Crippen LogP) is 2.39. The van der Waals surface area contributed by atoms with E-state index in [-0.39, 0.29) is 17.8 Å². The third kappa shape index (κ3) is 4.27. The number of allylic oxidation sites excluding steroid dienone is 1. The van der Waals surface area contributed by atoms with Crippen LogP contribution in [0.5, 0.6) is 11.5 Å². The van der Waals surface area contributed by atoms with Gasteiger partial charge in [0.1, 0.15) is 18.5 Å². The molecule has 7 nitrogen and oxygen atoms in total. The molecule has 27 heavy (non-hydrogen) atoms. The third-order valence-corrected chi connectivity index (χ3v) is 5.39. The van der Waals surface area contributed by atoms with Crippen molar-refractivity contribution < 1.29 is 14.3 Å². The summed E-state index contributed by atoms with van der Waals surface area (Å²) in [7, 11) is 0. The molecule has 8 heteroatoms. The average Bonchev–Trinajstić information content (AvgIpc) is 3.46. The molecule has 1 saturated carbocycles. The molecular weight excluding hydrogens is 364 g/mol. The minimum atomic E-state index is -0.195. The number of rotatable bonds is 8. The molecule has 0 radical (unpaired) electrons. The van der Waals surface area contributed by atoms with Crippen LogP contribution in [0.25, 0.3) is 0 Å². The fourth-order valence-corrected chi connectivity index (χ4v) is 3.71. The molecule has 1 atom stereocenters. The Labute approximate surface area is 162 Å². The smallest absolute Gasteiger partial charge is 0.230 e. The molecule has 0 bridgehead atoms. The van der Waals surface area contributed by atoms with Gasteiger partial charge in [-0.05, 0) is 25.0 Å². The number of aromatic nitrogens is 3. The second kappa shape index (κ2) is 8.04. The zero-order valence-electron chi connectivity index (χ0n) is 15.0. The number of hydrogen-bond donors (Lipinski definition) is 1. The summed E-state index contributed by atoms with van der Waals surface area (Å²) in [6, 6.07) is 7.54. The van der Waals surface area contributed by atoms with Crippen molar-refractivity contribution in [3.63, 3.8) is 0 Å². The second-order valence-electron chi connectivity index (χ2n) is 6.60. The van der Waals surface area contributed by atoms with Gasteiger partial charge in [0.05, 0.1) is 12.3 Å². The topological polar surface area (TPSA) is 78.3 Å². The van der Waals surface area contributed by atoms with Gasteiger partial charge in [0.2, 0.25) is 5.91 Å². The number of thioether (sulfide) groups is 1. The van der Waals surface area contributed by atoms with Gasteiger partial charge < -0.3 is 19.4 Å². The van der Waals surface area contributed by atoms with Crippen LogP contribution in [0, 0.1) is 0 Å². The van der Waals surface area contributed by atoms with Gasteiger partial charge in [0.25, 0.3) is 0 Å². The summed E-state index contributed by atoms with van der Waals surface area (Å²) in [5.41, 5.74) is 0. The number of amides is 1. The first-order chi connectivity index (χ1) is 13.2. The Morgan fingerprint density at radius 1 is 1.33 bits per heavy atom. The highest BCUT2D eigenvalue weighted by atomic mass is 32.2. The Morgan fingerprint density at radius 2 is 2.15 bits per heavy atom. The number of nitrogens with one attached hydrogen (secondary N) is 1. The maximum absolute atomic E-state index is 12.2. The Morgan fingerprint density at radius 3 is 2.93 bits per heavy atom.